The number of benzene rings is 1. The Balaban J connectivity index is 2.79. The normalized spacial score (nSPS) is 12.9. The molecule has 0 bridgehead atoms. The third-order valence-corrected chi connectivity index (χ3v) is 2.98. The van der Waals surface area contributed by atoms with Crippen molar-refractivity contribution in [2.24, 2.45) is 0 Å². The summed E-state index contributed by atoms with van der Waals surface area (Å²) in [5, 5.41) is 0. The zero-order chi connectivity index (χ0) is 8.97. The molecule has 1 rings (SSSR count). The summed E-state index contributed by atoms with van der Waals surface area (Å²) in [5.74, 6) is 1.54. The van der Waals surface area contributed by atoms with E-state index in [-0.39, 0.29) is 0 Å². The summed E-state index contributed by atoms with van der Waals surface area (Å²) in [6.45, 7) is 2.23. The summed E-state index contributed by atoms with van der Waals surface area (Å²) in [7, 11) is 0. The van der Waals surface area contributed by atoms with Crippen molar-refractivity contribution in [3.63, 3.8) is 0 Å². The highest BCUT2D eigenvalue weighted by atomic mass is 79.9. The van der Waals surface area contributed by atoms with E-state index in [1.165, 1.54) is 10.0 Å². The summed E-state index contributed by atoms with van der Waals surface area (Å²) in [6, 6.07) is 8.37. The highest BCUT2D eigenvalue weighted by Gasteiger charge is 2.06. The van der Waals surface area contributed by atoms with Crippen LogP contribution >= 0.6 is 28.6 Å². The zero-order valence-corrected chi connectivity index (χ0v) is 9.61. The molecular weight excluding hydrogens is 232 g/mol. The molecule has 1 atom stereocenters. The fourth-order valence-corrected chi connectivity index (χ4v) is 2.29. The largest absolute Gasteiger partial charge is 0.179 e. The second-order valence-corrected chi connectivity index (χ2v) is 4.24. The lowest BCUT2D eigenvalue weighted by Crippen LogP contribution is -1.94. The maximum atomic E-state index is 4.23. The van der Waals surface area contributed by atoms with Gasteiger partial charge in [-0.05, 0) is 29.7 Å². The van der Waals surface area contributed by atoms with Crippen molar-refractivity contribution in [3.8, 4) is 0 Å². The summed E-state index contributed by atoms with van der Waals surface area (Å²) in [5.41, 5.74) is 1.38. The van der Waals surface area contributed by atoms with Crippen molar-refractivity contribution in [3.05, 3.63) is 34.3 Å². The molecule has 1 unspecified atom stereocenters. The molecule has 0 nitrogen and oxygen atoms in total. The Morgan fingerprint density at radius 3 is 2.67 bits per heavy atom. The summed E-state index contributed by atoms with van der Waals surface area (Å²) in [6.07, 6.45) is 1.13. The minimum Gasteiger partial charge on any atom is -0.179 e. The molecular formula is C10H13BrS. The van der Waals surface area contributed by atoms with Gasteiger partial charge < -0.3 is 0 Å². The minimum absolute atomic E-state index is 0.595. The molecule has 0 fully saturated rings. The van der Waals surface area contributed by atoms with Gasteiger partial charge in [-0.3, -0.25) is 0 Å². The molecule has 0 radical (unpaired) electrons. The first-order valence-corrected chi connectivity index (χ1v) is 5.53. The van der Waals surface area contributed by atoms with Crippen LogP contribution in [0.15, 0.2) is 28.7 Å². The number of hydrogen-bond donors (Lipinski definition) is 1. The fourth-order valence-electron chi connectivity index (χ4n) is 1.22. The molecule has 0 aliphatic heterocycles. The first kappa shape index (κ1) is 10.1. The van der Waals surface area contributed by atoms with Crippen LogP contribution in [0, 0.1) is 0 Å². The molecule has 0 aromatic heterocycles. The smallest absolute Gasteiger partial charge is 0.0210 e. The SMILES string of the molecule is CC(CCS)c1ccccc1Br. The molecule has 1 aromatic rings. The van der Waals surface area contributed by atoms with Crippen molar-refractivity contribution >= 4 is 28.6 Å². The van der Waals surface area contributed by atoms with Crippen molar-refractivity contribution < 1.29 is 0 Å². The Hall–Kier alpha value is 0.0500. The van der Waals surface area contributed by atoms with Gasteiger partial charge in [0, 0.05) is 4.47 Å². The lowest BCUT2D eigenvalue weighted by atomic mass is 9.99. The standard InChI is InChI=1S/C10H13BrS/c1-8(6-7-12)9-4-2-3-5-10(9)11/h2-5,8,12H,6-7H2,1H3. The predicted octanol–water partition coefficient (Wildman–Crippen LogP) is 3.87. The van der Waals surface area contributed by atoms with E-state index < -0.39 is 0 Å². The van der Waals surface area contributed by atoms with Gasteiger partial charge in [0.15, 0.2) is 0 Å². The molecule has 0 saturated heterocycles. The van der Waals surface area contributed by atoms with E-state index in [1.807, 2.05) is 6.07 Å². The maximum absolute atomic E-state index is 4.23. The summed E-state index contributed by atoms with van der Waals surface area (Å²) < 4.78 is 1.21. The average Bonchev–Trinajstić information content (AvgIpc) is 2.05. The summed E-state index contributed by atoms with van der Waals surface area (Å²) >= 11 is 7.77. The number of rotatable bonds is 3. The molecule has 0 aliphatic rings. The average molecular weight is 245 g/mol. The van der Waals surface area contributed by atoms with Crippen molar-refractivity contribution in [2.45, 2.75) is 19.3 Å². The second kappa shape index (κ2) is 4.93. The van der Waals surface area contributed by atoms with Gasteiger partial charge in [-0.25, -0.2) is 0 Å². The molecule has 0 heterocycles. The Kier molecular flexibility index (Phi) is 4.16. The molecule has 12 heavy (non-hydrogen) atoms. The predicted molar refractivity (Wildman–Crippen MR) is 61.0 cm³/mol. The molecule has 0 spiro atoms. The zero-order valence-electron chi connectivity index (χ0n) is 7.13. The topological polar surface area (TPSA) is 0 Å². The quantitative estimate of drug-likeness (QED) is 0.768. The van der Waals surface area contributed by atoms with Gasteiger partial charge in [-0.2, -0.15) is 12.6 Å². The van der Waals surface area contributed by atoms with E-state index in [0.29, 0.717) is 5.92 Å². The molecule has 1 aromatic carbocycles. The van der Waals surface area contributed by atoms with Gasteiger partial charge >= 0.3 is 0 Å². The number of hydrogen-bond acceptors (Lipinski definition) is 1. The molecule has 0 saturated carbocycles. The molecule has 0 N–H and O–H groups in total. The molecule has 0 aliphatic carbocycles. The van der Waals surface area contributed by atoms with E-state index in [4.69, 9.17) is 0 Å². The minimum atomic E-state index is 0.595. The Bertz CT molecular complexity index is 247. The van der Waals surface area contributed by atoms with Crippen LogP contribution in [-0.4, -0.2) is 5.75 Å². The van der Waals surface area contributed by atoms with Crippen LogP contribution in [-0.2, 0) is 0 Å². The third kappa shape index (κ3) is 2.53. The van der Waals surface area contributed by atoms with E-state index >= 15 is 0 Å². The van der Waals surface area contributed by atoms with E-state index in [0.717, 1.165) is 12.2 Å². The monoisotopic (exact) mass is 244 g/mol. The molecule has 2 heteroatoms. The van der Waals surface area contributed by atoms with Gasteiger partial charge in [0.1, 0.15) is 0 Å². The van der Waals surface area contributed by atoms with Crippen LogP contribution in [0.3, 0.4) is 0 Å². The van der Waals surface area contributed by atoms with Gasteiger partial charge in [-0.1, -0.05) is 41.1 Å². The van der Waals surface area contributed by atoms with Crippen LogP contribution in [0.2, 0.25) is 0 Å². The molecule has 66 valence electrons. The van der Waals surface area contributed by atoms with Gasteiger partial charge in [0.05, 0.1) is 0 Å². The third-order valence-electron chi connectivity index (χ3n) is 2.00. The van der Waals surface area contributed by atoms with Crippen molar-refractivity contribution in [1.82, 2.24) is 0 Å². The number of thiol groups is 1. The maximum Gasteiger partial charge on any atom is 0.0210 e. The fraction of sp³-hybridized carbons (Fsp3) is 0.400. The van der Waals surface area contributed by atoms with Gasteiger partial charge in [0.25, 0.3) is 0 Å². The first-order chi connectivity index (χ1) is 5.75. The van der Waals surface area contributed by atoms with E-state index in [1.54, 1.807) is 0 Å². The lowest BCUT2D eigenvalue weighted by Gasteiger charge is -2.11. The van der Waals surface area contributed by atoms with Crippen LogP contribution in [0.25, 0.3) is 0 Å². The lowest BCUT2D eigenvalue weighted by molar-refractivity contribution is 0.738. The van der Waals surface area contributed by atoms with Crippen molar-refractivity contribution in [2.75, 3.05) is 5.75 Å². The van der Waals surface area contributed by atoms with Gasteiger partial charge in [-0.15, -0.1) is 0 Å². The van der Waals surface area contributed by atoms with Crippen LogP contribution in [0.1, 0.15) is 24.8 Å². The highest BCUT2D eigenvalue weighted by Crippen LogP contribution is 2.26. The van der Waals surface area contributed by atoms with Crippen LogP contribution in [0.4, 0.5) is 0 Å². The summed E-state index contributed by atoms with van der Waals surface area (Å²) in [4.78, 5) is 0. The highest BCUT2D eigenvalue weighted by molar-refractivity contribution is 9.10. The Morgan fingerprint density at radius 2 is 2.08 bits per heavy atom. The number of halogens is 1. The Morgan fingerprint density at radius 1 is 1.42 bits per heavy atom. The molecule has 0 amide bonds. The van der Waals surface area contributed by atoms with Crippen LogP contribution in [0.5, 0.6) is 0 Å². The van der Waals surface area contributed by atoms with Gasteiger partial charge in [0.2, 0.25) is 0 Å². The first-order valence-electron chi connectivity index (χ1n) is 4.11. The van der Waals surface area contributed by atoms with E-state index in [9.17, 15) is 0 Å². The van der Waals surface area contributed by atoms with Crippen LogP contribution < -0.4 is 0 Å². The Labute approximate surface area is 87.9 Å². The van der Waals surface area contributed by atoms with E-state index in [2.05, 4.69) is 53.7 Å². The van der Waals surface area contributed by atoms with Crippen molar-refractivity contribution in [1.29, 1.82) is 0 Å². The second-order valence-electron chi connectivity index (χ2n) is 2.93.